The van der Waals surface area contributed by atoms with Gasteiger partial charge < -0.3 is 0 Å². The molecule has 3 aliphatic carbocycles. The molecule has 0 N–H and O–H groups in total. The number of allylic oxidation sites excluding steroid dienone is 5. The molecule has 1 saturated carbocycles. The second-order valence-corrected chi connectivity index (χ2v) is 6.39. The molecule has 126 valence electrons. The van der Waals surface area contributed by atoms with Crippen molar-refractivity contribution in [3.05, 3.63) is 58.9 Å². The van der Waals surface area contributed by atoms with E-state index in [4.69, 9.17) is 0 Å². The molecule has 0 heterocycles. The molecule has 1 fully saturated rings. The molecule has 0 amide bonds. The number of fused-ring (bicyclic) bond motifs is 5. The van der Waals surface area contributed by atoms with Gasteiger partial charge in [0.05, 0.1) is 0 Å². The Labute approximate surface area is 134 Å². The predicted octanol–water partition coefficient (Wildman–Crippen LogP) is 5.58. The van der Waals surface area contributed by atoms with Gasteiger partial charge in [-0.05, 0) is 22.8 Å². The maximum atomic E-state index is 14.6. The molecule has 3 aliphatic rings. The highest BCUT2D eigenvalue weighted by atomic mass is 19.3. The molecule has 0 nitrogen and oxygen atoms in total. The first-order valence-corrected chi connectivity index (χ1v) is 7.51. The first kappa shape index (κ1) is 15.5. The molecule has 0 radical (unpaired) electrons. The first-order valence-electron chi connectivity index (χ1n) is 7.51. The number of alkyl halides is 5. The van der Waals surface area contributed by atoms with Crippen molar-refractivity contribution in [3.8, 4) is 0 Å². The molecular weight excluding hydrogens is 330 g/mol. The van der Waals surface area contributed by atoms with Gasteiger partial charge in [-0.25, -0.2) is 8.78 Å². The summed E-state index contributed by atoms with van der Waals surface area (Å²) in [7, 11) is 0. The van der Waals surface area contributed by atoms with Crippen molar-refractivity contribution in [2.75, 3.05) is 0 Å². The van der Waals surface area contributed by atoms with Gasteiger partial charge in [-0.3, -0.25) is 0 Å². The van der Waals surface area contributed by atoms with Crippen molar-refractivity contribution in [1.29, 1.82) is 0 Å². The van der Waals surface area contributed by atoms with E-state index in [0.717, 1.165) is 6.08 Å². The lowest BCUT2D eigenvalue weighted by Gasteiger charge is -2.45. The summed E-state index contributed by atoms with van der Waals surface area (Å²) in [5.41, 5.74) is 1.34. The summed E-state index contributed by atoms with van der Waals surface area (Å²) in [6, 6.07) is 6.73. The maximum absolute atomic E-state index is 14.6. The van der Waals surface area contributed by atoms with Crippen molar-refractivity contribution >= 4 is 11.6 Å². The molecule has 3 unspecified atom stereocenters. The molecule has 0 bridgehead atoms. The van der Waals surface area contributed by atoms with Crippen LogP contribution in [0.1, 0.15) is 17.5 Å². The van der Waals surface area contributed by atoms with Crippen molar-refractivity contribution < 1.29 is 26.3 Å². The van der Waals surface area contributed by atoms with Gasteiger partial charge in [0, 0.05) is 18.3 Å². The topological polar surface area (TPSA) is 0 Å². The average Bonchev–Trinajstić information content (AvgIpc) is 2.52. The van der Waals surface area contributed by atoms with Crippen molar-refractivity contribution in [3.63, 3.8) is 0 Å². The maximum Gasteiger partial charge on any atom is 0.341 e. The Morgan fingerprint density at radius 2 is 1.71 bits per heavy atom. The van der Waals surface area contributed by atoms with E-state index >= 15 is 0 Å². The molecule has 1 aromatic carbocycles. The van der Waals surface area contributed by atoms with Crippen LogP contribution in [0.4, 0.5) is 26.3 Å². The lowest BCUT2D eigenvalue weighted by Crippen LogP contribution is -2.57. The molecular formula is C18H12F6. The third-order valence-electron chi connectivity index (χ3n) is 5.04. The first-order chi connectivity index (χ1) is 11.2. The van der Waals surface area contributed by atoms with Crippen molar-refractivity contribution in [1.82, 2.24) is 0 Å². The predicted molar refractivity (Wildman–Crippen MR) is 78.0 cm³/mol. The van der Waals surface area contributed by atoms with E-state index in [1.807, 2.05) is 0 Å². The zero-order chi connectivity index (χ0) is 17.3. The molecule has 0 aliphatic heterocycles. The third kappa shape index (κ3) is 1.88. The molecule has 0 spiro atoms. The summed E-state index contributed by atoms with van der Waals surface area (Å²) in [4.78, 5) is 0. The van der Waals surface area contributed by atoms with Crippen LogP contribution in [0, 0.1) is 11.8 Å². The SMILES string of the molecule is FC1=Cc2ccccc2C2=CC=C3CC(F)(F)C(F)(F)C(F)C3C12. The van der Waals surface area contributed by atoms with E-state index < -0.39 is 42.1 Å². The van der Waals surface area contributed by atoms with Gasteiger partial charge in [0.1, 0.15) is 5.83 Å². The molecule has 3 atom stereocenters. The largest absolute Gasteiger partial charge is 0.341 e. The van der Waals surface area contributed by atoms with E-state index in [1.165, 1.54) is 12.2 Å². The summed E-state index contributed by atoms with van der Waals surface area (Å²) in [5, 5.41) is 0. The second-order valence-electron chi connectivity index (χ2n) is 6.39. The minimum Gasteiger partial charge on any atom is -0.240 e. The van der Waals surface area contributed by atoms with E-state index in [-0.39, 0.29) is 5.57 Å². The van der Waals surface area contributed by atoms with Gasteiger partial charge >= 0.3 is 11.8 Å². The third-order valence-corrected chi connectivity index (χ3v) is 5.04. The van der Waals surface area contributed by atoms with Gasteiger partial charge in [0.15, 0.2) is 6.17 Å². The highest BCUT2D eigenvalue weighted by Gasteiger charge is 2.69. The quantitative estimate of drug-likeness (QED) is 0.540. The smallest absolute Gasteiger partial charge is 0.240 e. The van der Waals surface area contributed by atoms with E-state index in [0.29, 0.717) is 16.7 Å². The molecule has 6 heteroatoms. The Bertz CT molecular complexity index is 801. The summed E-state index contributed by atoms with van der Waals surface area (Å²) < 4.78 is 83.8. The van der Waals surface area contributed by atoms with Gasteiger partial charge in [-0.1, -0.05) is 42.0 Å². The van der Waals surface area contributed by atoms with Gasteiger partial charge in [-0.2, -0.15) is 17.6 Å². The summed E-state index contributed by atoms with van der Waals surface area (Å²) in [6.45, 7) is 0. The van der Waals surface area contributed by atoms with Gasteiger partial charge in [0.2, 0.25) is 0 Å². The molecule has 0 aromatic heterocycles. The lowest BCUT2D eigenvalue weighted by molar-refractivity contribution is -0.259. The molecule has 24 heavy (non-hydrogen) atoms. The minimum atomic E-state index is -4.82. The lowest BCUT2D eigenvalue weighted by atomic mass is 9.64. The fourth-order valence-corrected chi connectivity index (χ4v) is 3.86. The van der Waals surface area contributed by atoms with Crippen LogP contribution in [0.25, 0.3) is 11.6 Å². The van der Waals surface area contributed by atoms with E-state index in [2.05, 4.69) is 0 Å². The summed E-state index contributed by atoms with van der Waals surface area (Å²) in [5.74, 6) is -13.0. The number of hydrogen-bond donors (Lipinski definition) is 0. The van der Waals surface area contributed by atoms with Gasteiger partial charge in [-0.15, -0.1) is 0 Å². The highest BCUT2D eigenvalue weighted by Crippen LogP contribution is 2.58. The van der Waals surface area contributed by atoms with Crippen LogP contribution in [-0.4, -0.2) is 18.0 Å². The fraction of sp³-hybridized carbons (Fsp3) is 0.333. The van der Waals surface area contributed by atoms with Crippen molar-refractivity contribution in [2.24, 2.45) is 11.8 Å². The zero-order valence-electron chi connectivity index (χ0n) is 12.2. The average molecular weight is 342 g/mol. The van der Waals surface area contributed by atoms with Crippen LogP contribution in [0.5, 0.6) is 0 Å². The molecule has 1 aromatic rings. The number of rotatable bonds is 0. The van der Waals surface area contributed by atoms with Crippen LogP contribution in [0.3, 0.4) is 0 Å². The monoisotopic (exact) mass is 342 g/mol. The van der Waals surface area contributed by atoms with E-state index in [9.17, 15) is 26.3 Å². The Kier molecular flexibility index (Phi) is 3.09. The normalized spacial score (nSPS) is 32.6. The van der Waals surface area contributed by atoms with Crippen LogP contribution in [-0.2, 0) is 0 Å². The second kappa shape index (κ2) is 4.77. The molecule has 0 saturated heterocycles. The summed E-state index contributed by atoms with van der Waals surface area (Å²) >= 11 is 0. The number of benzene rings is 1. The van der Waals surface area contributed by atoms with Crippen molar-refractivity contribution in [2.45, 2.75) is 24.4 Å². The molecule has 4 rings (SSSR count). The van der Waals surface area contributed by atoms with E-state index in [1.54, 1.807) is 24.3 Å². The van der Waals surface area contributed by atoms with Crippen LogP contribution in [0.2, 0.25) is 0 Å². The summed E-state index contributed by atoms with van der Waals surface area (Å²) in [6.07, 6.45) is -0.570. The Balaban J connectivity index is 1.89. The van der Waals surface area contributed by atoms with Crippen LogP contribution in [0.15, 0.2) is 47.8 Å². The minimum absolute atomic E-state index is 0.171. The Hall–Kier alpha value is -1.98. The van der Waals surface area contributed by atoms with Crippen LogP contribution >= 0.6 is 0 Å². The standard InChI is InChI=1S/C18H12F6/c19-13-7-9-3-1-2-4-11(9)12-6-5-10-8-17(21,22)18(23,24)16(20)14(10)15(12)13/h1-7,14-16H,8H2. The Morgan fingerprint density at radius 3 is 2.46 bits per heavy atom. The number of hydrogen-bond acceptors (Lipinski definition) is 0. The van der Waals surface area contributed by atoms with Gasteiger partial charge in [0.25, 0.3) is 0 Å². The highest BCUT2D eigenvalue weighted by molar-refractivity contribution is 5.84. The fourth-order valence-electron chi connectivity index (χ4n) is 3.86. The Morgan fingerprint density at radius 1 is 1.00 bits per heavy atom. The number of halogens is 6. The zero-order valence-corrected chi connectivity index (χ0v) is 12.2. The van der Waals surface area contributed by atoms with Crippen LogP contribution < -0.4 is 0 Å².